The number of nitrogens with two attached hydrogens (primary N) is 1. The first-order valence-corrected chi connectivity index (χ1v) is 6.67. The number of carbonyl (C=O) groups is 1. The molecule has 5 nitrogen and oxygen atoms in total. The molecule has 0 aliphatic rings. The summed E-state index contributed by atoms with van der Waals surface area (Å²) in [7, 11) is -3.72. The standard InChI is InChI=1S/C9H10N2O3S2/c1-2-3-8(12)11-6-7-4-5-15-9(7)16(10,13)14/h4-5H,6H2,1H3,(H,11,12)(H2,10,13,14). The molecule has 86 valence electrons. The Kier molecular flexibility index (Phi) is 4.06. The molecule has 1 heterocycles. The third-order valence-electron chi connectivity index (χ3n) is 1.64. The van der Waals surface area contributed by atoms with Crippen LogP contribution in [0.3, 0.4) is 0 Å². The molecule has 0 bridgehead atoms. The van der Waals surface area contributed by atoms with E-state index in [-0.39, 0.29) is 10.8 Å². The predicted octanol–water partition coefficient (Wildman–Crippen LogP) is 0.0350. The Morgan fingerprint density at radius 1 is 1.62 bits per heavy atom. The van der Waals surface area contributed by atoms with Gasteiger partial charge in [0.15, 0.2) is 0 Å². The lowest BCUT2D eigenvalue weighted by Crippen LogP contribution is -2.22. The maximum Gasteiger partial charge on any atom is 0.296 e. The van der Waals surface area contributed by atoms with Crippen LogP contribution in [0.4, 0.5) is 0 Å². The molecule has 0 saturated heterocycles. The summed E-state index contributed by atoms with van der Waals surface area (Å²) in [5.74, 6) is 4.28. The number of primary sulfonamides is 1. The van der Waals surface area contributed by atoms with Gasteiger partial charge >= 0.3 is 0 Å². The van der Waals surface area contributed by atoms with E-state index in [1.165, 1.54) is 0 Å². The Bertz CT molecular complexity index is 549. The van der Waals surface area contributed by atoms with E-state index < -0.39 is 15.9 Å². The Labute approximate surface area is 97.7 Å². The quantitative estimate of drug-likeness (QED) is 0.750. The zero-order valence-electron chi connectivity index (χ0n) is 8.48. The first-order chi connectivity index (χ1) is 7.45. The normalized spacial score (nSPS) is 10.4. The van der Waals surface area contributed by atoms with Crippen LogP contribution in [-0.4, -0.2) is 14.3 Å². The highest BCUT2D eigenvalue weighted by atomic mass is 32.2. The molecule has 0 saturated carbocycles. The van der Waals surface area contributed by atoms with Crippen LogP contribution in [0.15, 0.2) is 15.7 Å². The van der Waals surface area contributed by atoms with Gasteiger partial charge in [0.05, 0.1) is 0 Å². The maximum absolute atomic E-state index is 11.1. The van der Waals surface area contributed by atoms with Crippen LogP contribution in [0.25, 0.3) is 0 Å². The average molecular weight is 258 g/mol. The van der Waals surface area contributed by atoms with Gasteiger partial charge < -0.3 is 5.32 Å². The Morgan fingerprint density at radius 2 is 2.31 bits per heavy atom. The SMILES string of the molecule is CC#CC(=O)NCc1ccsc1S(N)(=O)=O. The summed E-state index contributed by atoms with van der Waals surface area (Å²) in [4.78, 5) is 11.0. The summed E-state index contributed by atoms with van der Waals surface area (Å²) in [5, 5.41) is 9.09. The van der Waals surface area contributed by atoms with Gasteiger partial charge in [-0.3, -0.25) is 4.79 Å². The Hall–Kier alpha value is -1.36. The van der Waals surface area contributed by atoms with Crippen molar-refractivity contribution in [1.82, 2.24) is 5.32 Å². The van der Waals surface area contributed by atoms with Crippen molar-refractivity contribution in [1.29, 1.82) is 0 Å². The van der Waals surface area contributed by atoms with Crippen molar-refractivity contribution in [2.24, 2.45) is 5.14 Å². The lowest BCUT2D eigenvalue weighted by molar-refractivity contribution is -0.115. The molecule has 16 heavy (non-hydrogen) atoms. The summed E-state index contributed by atoms with van der Waals surface area (Å²) in [5.41, 5.74) is 0.471. The summed E-state index contributed by atoms with van der Waals surface area (Å²) >= 11 is 1.02. The molecule has 1 aromatic heterocycles. The topological polar surface area (TPSA) is 89.3 Å². The van der Waals surface area contributed by atoms with Crippen molar-refractivity contribution in [3.63, 3.8) is 0 Å². The second kappa shape index (κ2) is 5.12. The minimum Gasteiger partial charge on any atom is -0.341 e. The monoisotopic (exact) mass is 258 g/mol. The highest BCUT2D eigenvalue weighted by molar-refractivity contribution is 7.91. The molecule has 0 radical (unpaired) electrons. The van der Waals surface area contributed by atoms with Gasteiger partial charge in [-0.1, -0.05) is 5.92 Å². The van der Waals surface area contributed by atoms with Gasteiger partial charge in [0.2, 0.25) is 10.0 Å². The molecular weight excluding hydrogens is 248 g/mol. The van der Waals surface area contributed by atoms with Crippen LogP contribution in [-0.2, 0) is 21.4 Å². The van der Waals surface area contributed by atoms with Crippen molar-refractivity contribution >= 4 is 27.3 Å². The summed E-state index contributed by atoms with van der Waals surface area (Å²) in [6.45, 7) is 1.64. The Morgan fingerprint density at radius 3 is 2.88 bits per heavy atom. The van der Waals surface area contributed by atoms with E-state index in [2.05, 4.69) is 17.2 Å². The molecule has 7 heteroatoms. The molecule has 0 atom stereocenters. The average Bonchev–Trinajstić information content (AvgIpc) is 2.62. The molecule has 0 aliphatic carbocycles. The van der Waals surface area contributed by atoms with Crippen LogP contribution in [0.5, 0.6) is 0 Å². The summed E-state index contributed by atoms with van der Waals surface area (Å²) in [6, 6.07) is 1.60. The molecular formula is C9H10N2O3S2. The fraction of sp³-hybridized carbons (Fsp3) is 0.222. The largest absolute Gasteiger partial charge is 0.341 e. The Balaban J connectivity index is 2.79. The second-order valence-corrected chi connectivity index (χ2v) is 5.51. The van der Waals surface area contributed by atoms with Crippen LogP contribution < -0.4 is 10.5 Å². The number of nitrogens with one attached hydrogen (secondary N) is 1. The molecule has 3 N–H and O–H groups in total. The minimum atomic E-state index is -3.72. The van der Waals surface area contributed by atoms with Crippen molar-refractivity contribution in [2.45, 2.75) is 17.7 Å². The van der Waals surface area contributed by atoms with Gasteiger partial charge in [-0.2, -0.15) is 0 Å². The van der Waals surface area contributed by atoms with Crippen molar-refractivity contribution in [3.05, 3.63) is 17.0 Å². The van der Waals surface area contributed by atoms with Gasteiger partial charge in [-0.15, -0.1) is 11.3 Å². The number of hydrogen-bond acceptors (Lipinski definition) is 4. The number of hydrogen-bond donors (Lipinski definition) is 2. The fourth-order valence-corrected chi connectivity index (χ4v) is 2.89. The highest BCUT2D eigenvalue weighted by Crippen LogP contribution is 2.20. The summed E-state index contributed by atoms with van der Waals surface area (Å²) in [6.07, 6.45) is 0. The predicted molar refractivity (Wildman–Crippen MR) is 61.0 cm³/mol. The third-order valence-corrected chi connectivity index (χ3v) is 4.16. The maximum atomic E-state index is 11.1. The number of thiophene rings is 1. The lowest BCUT2D eigenvalue weighted by atomic mass is 10.3. The van der Waals surface area contributed by atoms with Gasteiger partial charge in [0.25, 0.3) is 5.91 Å². The fourth-order valence-electron chi connectivity index (χ4n) is 1.04. The highest BCUT2D eigenvalue weighted by Gasteiger charge is 2.15. The molecule has 0 spiro atoms. The molecule has 0 aliphatic heterocycles. The van der Waals surface area contributed by atoms with E-state index in [0.29, 0.717) is 5.56 Å². The van der Waals surface area contributed by atoms with Crippen LogP contribution >= 0.6 is 11.3 Å². The molecule has 1 aromatic rings. The first kappa shape index (κ1) is 12.7. The molecule has 1 amide bonds. The summed E-state index contributed by atoms with van der Waals surface area (Å²) < 4.78 is 22.3. The van der Waals surface area contributed by atoms with Gasteiger partial charge in [-0.05, 0) is 24.3 Å². The van der Waals surface area contributed by atoms with Crippen LogP contribution in [0.2, 0.25) is 0 Å². The first-order valence-electron chi connectivity index (χ1n) is 4.25. The van der Waals surface area contributed by atoms with Gasteiger partial charge in [-0.25, -0.2) is 13.6 Å². The van der Waals surface area contributed by atoms with E-state index in [1.807, 2.05) is 0 Å². The van der Waals surface area contributed by atoms with E-state index in [0.717, 1.165) is 11.3 Å². The third kappa shape index (κ3) is 3.34. The second-order valence-electron chi connectivity index (χ2n) is 2.84. The molecule has 0 unspecified atom stereocenters. The zero-order chi connectivity index (χ0) is 12.2. The van der Waals surface area contributed by atoms with Crippen molar-refractivity contribution in [2.75, 3.05) is 0 Å². The van der Waals surface area contributed by atoms with E-state index >= 15 is 0 Å². The van der Waals surface area contributed by atoms with E-state index in [9.17, 15) is 13.2 Å². The molecule has 0 fully saturated rings. The van der Waals surface area contributed by atoms with Crippen LogP contribution in [0.1, 0.15) is 12.5 Å². The number of carbonyl (C=O) groups excluding carboxylic acids is 1. The van der Waals surface area contributed by atoms with Crippen LogP contribution in [0, 0.1) is 11.8 Å². The van der Waals surface area contributed by atoms with Gasteiger partial charge in [0, 0.05) is 12.1 Å². The minimum absolute atomic E-state index is 0.0669. The lowest BCUT2D eigenvalue weighted by Gasteiger charge is -2.01. The molecule has 1 rings (SSSR count). The van der Waals surface area contributed by atoms with E-state index in [4.69, 9.17) is 5.14 Å². The molecule has 0 aromatic carbocycles. The zero-order valence-corrected chi connectivity index (χ0v) is 10.1. The smallest absolute Gasteiger partial charge is 0.296 e. The van der Waals surface area contributed by atoms with Gasteiger partial charge in [0.1, 0.15) is 4.21 Å². The number of sulfonamides is 1. The van der Waals surface area contributed by atoms with Crippen molar-refractivity contribution in [3.8, 4) is 11.8 Å². The number of amides is 1. The van der Waals surface area contributed by atoms with E-state index in [1.54, 1.807) is 18.4 Å². The van der Waals surface area contributed by atoms with Crippen molar-refractivity contribution < 1.29 is 13.2 Å². The number of rotatable bonds is 3.